The molecular formula is C27H27NO3. The van der Waals surface area contributed by atoms with Crippen LogP contribution in [-0.2, 0) is 9.59 Å². The van der Waals surface area contributed by atoms with E-state index in [2.05, 4.69) is 6.92 Å². The highest BCUT2D eigenvalue weighted by atomic mass is 16.3. The number of benzene rings is 3. The first-order valence-electron chi connectivity index (χ1n) is 10.9. The number of likely N-dealkylation sites (tertiary alicyclic amines) is 1. The molecule has 1 N–H and O–H groups in total. The molecule has 0 spiro atoms. The third-order valence-electron chi connectivity index (χ3n) is 5.92. The first-order chi connectivity index (χ1) is 15.0. The van der Waals surface area contributed by atoms with Crippen LogP contribution in [0.4, 0.5) is 0 Å². The Morgan fingerprint density at radius 1 is 0.935 bits per heavy atom. The van der Waals surface area contributed by atoms with E-state index in [1.165, 1.54) is 0 Å². The molecule has 1 saturated heterocycles. The van der Waals surface area contributed by atoms with Crippen molar-refractivity contribution in [1.82, 2.24) is 4.90 Å². The van der Waals surface area contributed by atoms with E-state index >= 15 is 0 Å². The van der Waals surface area contributed by atoms with Crippen LogP contribution in [0.15, 0.2) is 72.3 Å². The summed E-state index contributed by atoms with van der Waals surface area (Å²) in [4.78, 5) is 27.7. The van der Waals surface area contributed by atoms with E-state index in [0.29, 0.717) is 12.1 Å². The maximum atomic E-state index is 13.1. The molecule has 4 heteroatoms. The van der Waals surface area contributed by atoms with Gasteiger partial charge in [0.05, 0.1) is 11.6 Å². The van der Waals surface area contributed by atoms with E-state index in [4.69, 9.17) is 0 Å². The van der Waals surface area contributed by atoms with Crippen LogP contribution in [-0.4, -0.2) is 28.2 Å². The van der Waals surface area contributed by atoms with Crippen molar-refractivity contribution < 1.29 is 14.7 Å². The standard InChI is InChI=1S/C27H27NO3/c1-3-4-7-15-28-24(21-12-8-9-18(2)16-21)23(26(30)27(28)31)25(29)22-14-13-19-10-5-6-11-20(19)17-22/h5-6,8-14,16-17,24,29H,3-4,7,15H2,1-2H3/b25-23-. The topological polar surface area (TPSA) is 57.6 Å². The first-order valence-corrected chi connectivity index (χ1v) is 10.9. The minimum absolute atomic E-state index is 0.117. The number of fused-ring (bicyclic) bond motifs is 1. The molecule has 1 atom stereocenters. The third-order valence-corrected chi connectivity index (χ3v) is 5.92. The molecule has 0 aromatic heterocycles. The second-order valence-electron chi connectivity index (χ2n) is 8.18. The summed E-state index contributed by atoms with van der Waals surface area (Å²) in [6, 6.07) is 20.7. The zero-order chi connectivity index (χ0) is 22.0. The molecule has 0 radical (unpaired) electrons. The average Bonchev–Trinajstić information content (AvgIpc) is 3.03. The Balaban J connectivity index is 1.85. The van der Waals surface area contributed by atoms with Gasteiger partial charge in [-0.3, -0.25) is 9.59 Å². The minimum atomic E-state index is -0.617. The van der Waals surface area contributed by atoms with E-state index in [9.17, 15) is 14.7 Å². The number of amides is 1. The predicted octanol–water partition coefficient (Wildman–Crippen LogP) is 5.76. The van der Waals surface area contributed by atoms with E-state index in [1.54, 1.807) is 11.0 Å². The summed E-state index contributed by atoms with van der Waals surface area (Å²) in [5.41, 5.74) is 2.60. The molecule has 4 nitrogen and oxygen atoms in total. The Bertz CT molecular complexity index is 1180. The molecule has 3 aromatic carbocycles. The summed E-state index contributed by atoms with van der Waals surface area (Å²) in [5, 5.41) is 13.3. The Labute approximate surface area is 182 Å². The minimum Gasteiger partial charge on any atom is -0.507 e. The number of rotatable bonds is 6. The van der Waals surface area contributed by atoms with Crippen LogP contribution in [0.2, 0.25) is 0 Å². The molecular weight excluding hydrogens is 386 g/mol. The number of aliphatic hydroxyl groups is 1. The van der Waals surface area contributed by atoms with Gasteiger partial charge in [-0.1, -0.05) is 86.0 Å². The Morgan fingerprint density at radius 3 is 2.45 bits per heavy atom. The molecule has 1 aliphatic heterocycles. The van der Waals surface area contributed by atoms with Gasteiger partial charge in [-0.15, -0.1) is 0 Å². The molecule has 31 heavy (non-hydrogen) atoms. The molecule has 4 rings (SSSR count). The van der Waals surface area contributed by atoms with Gasteiger partial charge in [-0.05, 0) is 35.7 Å². The van der Waals surface area contributed by atoms with Crippen molar-refractivity contribution in [3.63, 3.8) is 0 Å². The van der Waals surface area contributed by atoms with Crippen LogP contribution in [0.3, 0.4) is 0 Å². The third kappa shape index (κ3) is 3.98. The lowest BCUT2D eigenvalue weighted by atomic mass is 9.93. The van der Waals surface area contributed by atoms with Crippen molar-refractivity contribution in [3.8, 4) is 0 Å². The lowest BCUT2D eigenvalue weighted by Crippen LogP contribution is -2.30. The Morgan fingerprint density at radius 2 is 1.71 bits per heavy atom. The summed E-state index contributed by atoms with van der Waals surface area (Å²) >= 11 is 0. The van der Waals surface area contributed by atoms with Crippen molar-refractivity contribution in [1.29, 1.82) is 0 Å². The van der Waals surface area contributed by atoms with E-state index in [0.717, 1.165) is 41.2 Å². The molecule has 1 unspecified atom stereocenters. The van der Waals surface area contributed by atoms with Gasteiger partial charge in [0.1, 0.15) is 5.76 Å². The summed E-state index contributed by atoms with van der Waals surface area (Å²) in [7, 11) is 0. The number of aliphatic hydroxyl groups excluding tert-OH is 1. The number of carbonyl (C=O) groups excluding carboxylic acids is 2. The van der Waals surface area contributed by atoms with Crippen LogP contribution in [0.25, 0.3) is 16.5 Å². The van der Waals surface area contributed by atoms with Crippen molar-refractivity contribution in [2.24, 2.45) is 0 Å². The van der Waals surface area contributed by atoms with Crippen molar-refractivity contribution in [2.75, 3.05) is 6.54 Å². The second-order valence-corrected chi connectivity index (χ2v) is 8.18. The zero-order valence-electron chi connectivity index (χ0n) is 18.0. The van der Waals surface area contributed by atoms with Gasteiger partial charge in [0, 0.05) is 12.1 Å². The Hall–Kier alpha value is -3.40. The zero-order valence-corrected chi connectivity index (χ0v) is 18.0. The molecule has 0 saturated carbocycles. The van der Waals surface area contributed by atoms with Crippen LogP contribution >= 0.6 is 0 Å². The molecule has 1 aliphatic rings. The van der Waals surface area contributed by atoms with Gasteiger partial charge in [0.15, 0.2) is 0 Å². The number of hydrogen-bond acceptors (Lipinski definition) is 3. The van der Waals surface area contributed by atoms with Crippen LogP contribution in [0.1, 0.15) is 48.9 Å². The number of ketones is 1. The van der Waals surface area contributed by atoms with Gasteiger partial charge in [0.2, 0.25) is 0 Å². The highest BCUT2D eigenvalue weighted by Crippen LogP contribution is 2.40. The summed E-state index contributed by atoms with van der Waals surface area (Å²) in [5.74, 6) is -1.27. The number of hydrogen-bond donors (Lipinski definition) is 1. The quantitative estimate of drug-likeness (QED) is 0.242. The number of Topliss-reactive ketones (excluding diaryl/α,β-unsaturated/α-hetero) is 1. The predicted molar refractivity (Wildman–Crippen MR) is 124 cm³/mol. The van der Waals surface area contributed by atoms with Crippen LogP contribution in [0.5, 0.6) is 0 Å². The fourth-order valence-corrected chi connectivity index (χ4v) is 4.32. The monoisotopic (exact) mass is 413 g/mol. The van der Waals surface area contributed by atoms with Crippen molar-refractivity contribution in [3.05, 3.63) is 89.0 Å². The van der Waals surface area contributed by atoms with Gasteiger partial charge >= 0.3 is 0 Å². The SMILES string of the molecule is CCCCCN1C(=O)C(=O)/C(=C(\O)c2ccc3ccccc3c2)C1c1cccc(C)c1. The number of unbranched alkanes of at least 4 members (excludes halogenated alkanes) is 2. The van der Waals surface area contributed by atoms with Crippen molar-refractivity contribution >= 4 is 28.2 Å². The maximum Gasteiger partial charge on any atom is 0.295 e. The van der Waals surface area contributed by atoms with Gasteiger partial charge in [-0.25, -0.2) is 0 Å². The molecule has 1 heterocycles. The first kappa shape index (κ1) is 20.9. The average molecular weight is 414 g/mol. The molecule has 0 aliphatic carbocycles. The van der Waals surface area contributed by atoms with Gasteiger partial charge < -0.3 is 10.0 Å². The highest BCUT2D eigenvalue weighted by molar-refractivity contribution is 6.46. The maximum absolute atomic E-state index is 13.1. The lowest BCUT2D eigenvalue weighted by molar-refractivity contribution is -0.139. The smallest absolute Gasteiger partial charge is 0.295 e. The van der Waals surface area contributed by atoms with Crippen LogP contribution in [0, 0.1) is 6.92 Å². The molecule has 1 fully saturated rings. The second kappa shape index (κ2) is 8.76. The fourth-order valence-electron chi connectivity index (χ4n) is 4.32. The van der Waals surface area contributed by atoms with Gasteiger partial charge in [0.25, 0.3) is 11.7 Å². The largest absolute Gasteiger partial charge is 0.507 e. The molecule has 1 amide bonds. The fraction of sp³-hybridized carbons (Fsp3) is 0.259. The highest BCUT2D eigenvalue weighted by Gasteiger charge is 2.45. The summed E-state index contributed by atoms with van der Waals surface area (Å²) < 4.78 is 0. The normalized spacial score (nSPS) is 18.1. The van der Waals surface area contributed by atoms with E-state index in [-0.39, 0.29) is 11.3 Å². The van der Waals surface area contributed by atoms with Crippen molar-refractivity contribution in [2.45, 2.75) is 39.2 Å². The number of carbonyl (C=O) groups is 2. The summed E-state index contributed by atoms with van der Waals surface area (Å²) in [6.07, 6.45) is 2.83. The van der Waals surface area contributed by atoms with Crippen LogP contribution < -0.4 is 0 Å². The van der Waals surface area contributed by atoms with Gasteiger partial charge in [-0.2, -0.15) is 0 Å². The Kier molecular flexibility index (Phi) is 5.90. The number of nitrogens with zero attached hydrogens (tertiary/aromatic N) is 1. The van der Waals surface area contributed by atoms with E-state index in [1.807, 2.05) is 67.6 Å². The molecule has 158 valence electrons. The summed E-state index contributed by atoms with van der Waals surface area (Å²) in [6.45, 7) is 4.58. The van der Waals surface area contributed by atoms with E-state index < -0.39 is 17.7 Å². The molecule has 3 aromatic rings. The lowest BCUT2D eigenvalue weighted by Gasteiger charge is -2.25. The number of aryl methyl sites for hydroxylation is 1. The molecule has 0 bridgehead atoms.